The number of amides is 1. The average Bonchev–Trinajstić information content (AvgIpc) is 3.07. The van der Waals surface area contributed by atoms with E-state index in [1.807, 2.05) is 0 Å². The maximum absolute atomic E-state index is 14.2. The number of tetrazole rings is 1. The van der Waals surface area contributed by atoms with E-state index in [1.54, 1.807) is 0 Å². The van der Waals surface area contributed by atoms with Crippen LogP contribution < -0.4 is 5.32 Å². The summed E-state index contributed by atoms with van der Waals surface area (Å²) in [6.45, 7) is 0. The molecule has 0 saturated heterocycles. The van der Waals surface area contributed by atoms with Gasteiger partial charge in [-0.15, -0.1) is 5.10 Å². The average molecular weight is 475 g/mol. The van der Waals surface area contributed by atoms with Crippen LogP contribution in [0, 0.1) is 15.9 Å². The Labute approximate surface area is 178 Å². The van der Waals surface area contributed by atoms with E-state index in [9.17, 15) is 32.5 Å². The second-order valence-corrected chi connectivity index (χ2v) is 7.78. The quantitative estimate of drug-likeness (QED) is 0.246. The molecule has 1 aromatic carbocycles. The molecule has 3 aromatic rings. The second-order valence-electron chi connectivity index (χ2n) is 5.63. The van der Waals surface area contributed by atoms with Crippen molar-refractivity contribution in [2.45, 2.75) is 20.5 Å². The van der Waals surface area contributed by atoms with Gasteiger partial charge in [-0.3, -0.25) is 14.9 Å². The Hall–Kier alpha value is -3.27. The molecule has 0 atom stereocenters. The van der Waals surface area contributed by atoms with E-state index in [0.29, 0.717) is 6.07 Å². The summed E-state index contributed by atoms with van der Waals surface area (Å²) in [5.41, 5.74) is -5.25. The molecule has 1 N–H and O–H groups in total. The standard InChI is InChI=1S/C15H9F4N7O3S2/c1-25-14(22-23-24-25)30-11-3-2-7(26(28)29)4-9(11)13(27)21-12-10(16)5-8(6-20-12)31-15(17,18)19/h2-6H,1H3,(H,20,21,27). The van der Waals surface area contributed by atoms with Crippen LogP contribution in [0.25, 0.3) is 0 Å². The lowest BCUT2D eigenvalue weighted by molar-refractivity contribution is -0.384. The Morgan fingerprint density at radius 3 is 2.61 bits per heavy atom. The number of carbonyl (C=O) groups excluding carboxylic acids is 1. The first kappa shape index (κ1) is 22.4. The van der Waals surface area contributed by atoms with Crippen molar-refractivity contribution >= 4 is 40.9 Å². The van der Waals surface area contributed by atoms with Crippen LogP contribution in [0.15, 0.2) is 45.4 Å². The van der Waals surface area contributed by atoms with E-state index < -0.39 is 50.3 Å². The van der Waals surface area contributed by atoms with Gasteiger partial charge in [-0.05, 0) is 46.1 Å². The van der Waals surface area contributed by atoms with Gasteiger partial charge in [-0.2, -0.15) is 13.2 Å². The van der Waals surface area contributed by atoms with Gasteiger partial charge in [0, 0.05) is 35.2 Å². The summed E-state index contributed by atoms with van der Waals surface area (Å²) in [7, 11) is 1.53. The number of hydrogen-bond donors (Lipinski definition) is 1. The molecule has 2 heterocycles. The summed E-state index contributed by atoms with van der Waals surface area (Å²) in [6.07, 6.45) is 0.741. The molecule has 2 aromatic heterocycles. The van der Waals surface area contributed by atoms with E-state index in [2.05, 4.69) is 25.8 Å². The normalized spacial score (nSPS) is 11.4. The van der Waals surface area contributed by atoms with Gasteiger partial charge in [0.05, 0.1) is 10.5 Å². The lowest BCUT2D eigenvalue weighted by atomic mass is 10.2. The van der Waals surface area contributed by atoms with Gasteiger partial charge in [-0.25, -0.2) is 14.1 Å². The van der Waals surface area contributed by atoms with Crippen molar-refractivity contribution in [3.8, 4) is 0 Å². The number of pyridine rings is 1. The maximum Gasteiger partial charge on any atom is 0.446 e. The summed E-state index contributed by atoms with van der Waals surface area (Å²) >= 11 is 0.356. The van der Waals surface area contributed by atoms with Crippen LogP contribution in [0.1, 0.15) is 10.4 Å². The van der Waals surface area contributed by atoms with E-state index in [-0.39, 0.29) is 15.6 Å². The van der Waals surface area contributed by atoms with Crippen molar-refractivity contribution in [2.75, 3.05) is 5.32 Å². The summed E-state index contributed by atoms with van der Waals surface area (Å²) in [5.74, 6) is -2.82. The van der Waals surface area contributed by atoms with Crippen LogP contribution >= 0.6 is 23.5 Å². The number of benzene rings is 1. The molecule has 1 amide bonds. The van der Waals surface area contributed by atoms with Crippen molar-refractivity contribution in [2.24, 2.45) is 7.05 Å². The monoisotopic (exact) mass is 475 g/mol. The van der Waals surface area contributed by atoms with Gasteiger partial charge in [0.15, 0.2) is 11.6 Å². The highest BCUT2D eigenvalue weighted by Crippen LogP contribution is 2.37. The van der Waals surface area contributed by atoms with Crippen molar-refractivity contribution in [1.82, 2.24) is 25.2 Å². The molecular formula is C15H9F4N7O3S2. The number of nitrogens with zero attached hydrogens (tertiary/aromatic N) is 6. The van der Waals surface area contributed by atoms with Gasteiger partial charge in [0.1, 0.15) is 0 Å². The highest BCUT2D eigenvalue weighted by Gasteiger charge is 2.30. The van der Waals surface area contributed by atoms with Gasteiger partial charge in [0.2, 0.25) is 5.16 Å². The van der Waals surface area contributed by atoms with E-state index >= 15 is 0 Å². The van der Waals surface area contributed by atoms with Crippen molar-refractivity contribution in [3.63, 3.8) is 0 Å². The number of hydrogen-bond acceptors (Lipinski definition) is 9. The molecule has 0 saturated carbocycles. The zero-order chi connectivity index (χ0) is 22.8. The fourth-order valence-corrected chi connectivity index (χ4v) is 3.56. The Bertz CT molecular complexity index is 1160. The van der Waals surface area contributed by atoms with Gasteiger partial charge < -0.3 is 5.32 Å². The molecule has 0 aliphatic carbocycles. The molecule has 0 unspecified atom stereocenters. The molecule has 0 aliphatic heterocycles. The topological polar surface area (TPSA) is 129 Å². The predicted molar refractivity (Wildman–Crippen MR) is 100 cm³/mol. The third-order valence-corrected chi connectivity index (χ3v) is 5.28. The highest BCUT2D eigenvalue weighted by molar-refractivity contribution is 8.00. The molecular weight excluding hydrogens is 466 g/mol. The first-order valence-corrected chi connectivity index (χ1v) is 9.58. The summed E-state index contributed by atoms with van der Waals surface area (Å²) < 4.78 is 52.7. The largest absolute Gasteiger partial charge is 0.446 e. The predicted octanol–water partition coefficient (Wildman–Crippen LogP) is 3.67. The van der Waals surface area contributed by atoms with Gasteiger partial charge in [-0.1, -0.05) is 0 Å². The molecule has 0 radical (unpaired) electrons. The molecule has 3 rings (SSSR count). The first-order chi connectivity index (χ1) is 14.5. The van der Waals surface area contributed by atoms with Crippen LogP contribution in [0.5, 0.6) is 0 Å². The minimum Gasteiger partial charge on any atom is -0.304 e. The van der Waals surface area contributed by atoms with Crippen LogP contribution in [-0.2, 0) is 7.05 Å². The number of nitrogens with one attached hydrogen (secondary N) is 1. The van der Waals surface area contributed by atoms with Gasteiger partial charge >= 0.3 is 5.51 Å². The number of rotatable bonds is 6. The number of aromatic nitrogens is 5. The van der Waals surface area contributed by atoms with Crippen molar-refractivity contribution in [1.29, 1.82) is 0 Å². The number of alkyl halides is 3. The number of nitro benzene ring substituents is 1. The fraction of sp³-hybridized carbons (Fsp3) is 0.133. The SMILES string of the molecule is Cn1nnnc1Sc1ccc([N+](=O)[O-])cc1C(=O)Nc1ncc(SC(F)(F)F)cc1F. The fourth-order valence-electron chi connectivity index (χ4n) is 2.18. The van der Waals surface area contributed by atoms with E-state index in [1.165, 1.54) is 17.8 Å². The number of aryl methyl sites for hydroxylation is 1. The second kappa shape index (κ2) is 8.84. The molecule has 31 heavy (non-hydrogen) atoms. The van der Waals surface area contributed by atoms with E-state index in [4.69, 9.17) is 0 Å². The Kier molecular flexibility index (Phi) is 6.40. The van der Waals surface area contributed by atoms with Crippen LogP contribution in [-0.4, -0.2) is 41.5 Å². The number of anilines is 1. The van der Waals surface area contributed by atoms with E-state index in [0.717, 1.165) is 30.1 Å². The molecule has 10 nitrogen and oxygen atoms in total. The number of thioether (sulfide) groups is 1. The molecule has 16 heteroatoms. The molecule has 0 fully saturated rings. The zero-order valence-corrected chi connectivity index (χ0v) is 16.8. The lowest BCUT2D eigenvalue weighted by Crippen LogP contribution is -2.16. The Morgan fingerprint density at radius 2 is 2.03 bits per heavy atom. The van der Waals surface area contributed by atoms with Crippen molar-refractivity contribution < 1.29 is 27.3 Å². The minimum atomic E-state index is -4.64. The molecule has 0 aliphatic rings. The molecule has 162 valence electrons. The maximum atomic E-state index is 14.2. The number of nitro groups is 1. The summed E-state index contributed by atoms with van der Waals surface area (Å²) in [5, 5.41) is 24.3. The minimum absolute atomic E-state index is 0.211. The number of carbonyl (C=O) groups is 1. The molecule has 0 bridgehead atoms. The summed E-state index contributed by atoms with van der Waals surface area (Å²) in [6, 6.07) is 3.98. The lowest BCUT2D eigenvalue weighted by Gasteiger charge is -2.11. The Morgan fingerprint density at radius 1 is 1.29 bits per heavy atom. The number of non-ortho nitro benzene ring substituents is 1. The molecule has 0 spiro atoms. The Balaban J connectivity index is 1.90. The van der Waals surface area contributed by atoms with Crippen LogP contribution in [0.2, 0.25) is 0 Å². The zero-order valence-electron chi connectivity index (χ0n) is 15.1. The van der Waals surface area contributed by atoms with Gasteiger partial charge in [0.25, 0.3) is 11.6 Å². The summed E-state index contributed by atoms with van der Waals surface area (Å²) in [4.78, 5) is 26.3. The third kappa shape index (κ3) is 5.66. The van der Waals surface area contributed by atoms with Crippen LogP contribution in [0.4, 0.5) is 29.1 Å². The smallest absolute Gasteiger partial charge is 0.304 e. The van der Waals surface area contributed by atoms with Crippen LogP contribution in [0.3, 0.4) is 0 Å². The third-order valence-electron chi connectivity index (χ3n) is 3.48. The first-order valence-electron chi connectivity index (χ1n) is 7.95. The number of halogens is 4. The van der Waals surface area contributed by atoms with Crippen molar-refractivity contribution in [3.05, 3.63) is 52.0 Å². The highest BCUT2D eigenvalue weighted by atomic mass is 32.2.